The predicted molar refractivity (Wildman–Crippen MR) is 44.1 cm³/mol. The highest BCUT2D eigenvalue weighted by molar-refractivity contribution is 4.79. The third-order valence-corrected chi connectivity index (χ3v) is 2.59. The molecule has 0 aromatic rings. The van der Waals surface area contributed by atoms with Crippen LogP contribution < -0.4 is 5.32 Å². The first-order chi connectivity index (χ1) is 4.74. The molecule has 0 aliphatic carbocycles. The van der Waals surface area contributed by atoms with E-state index >= 15 is 0 Å². The van der Waals surface area contributed by atoms with Crippen LogP contribution in [0.3, 0.4) is 0 Å². The van der Waals surface area contributed by atoms with Crippen LogP contribution in [0, 0.1) is 5.92 Å². The monoisotopic (exact) mass is 142 g/mol. The molecule has 1 N–H and O–H groups in total. The van der Waals surface area contributed by atoms with E-state index in [1.807, 2.05) is 7.05 Å². The Balaban J connectivity index is 2.29. The van der Waals surface area contributed by atoms with Crippen molar-refractivity contribution in [1.29, 1.82) is 0 Å². The number of nitrogens with one attached hydrogen (secondary N) is 1. The first-order valence-electron chi connectivity index (χ1n) is 4.10. The molecule has 2 nitrogen and oxygen atoms in total. The standard InChI is InChI=1S/C8H18N2/c1-7(9-2)8-4-5-10(3)6-8/h7-9H,4-6H2,1-3H3. The molecule has 0 radical (unpaired) electrons. The van der Waals surface area contributed by atoms with E-state index < -0.39 is 0 Å². The zero-order valence-corrected chi connectivity index (χ0v) is 7.22. The van der Waals surface area contributed by atoms with Crippen molar-refractivity contribution in [3.05, 3.63) is 0 Å². The summed E-state index contributed by atoms with van der Waals surface area (Å²) in [7, 11) is 4.24. The molecule has 10 heavy (non-hydrogen) atoms. The average Bonchev–Trinajstić information content (AvgIpc) is 2.34. The molecular formula is C8H18N2. The van der Waals surface area contributed by atoms with Crippen LogP contribution in [-0.4, -0.2) is 38.1 Å². The van der Waals surface area contributed by atoms with Gasteiger partial charge in [-0.05, 0) is 39.9 Å². The molecule has 1 aliphatic rings. The van der Waals surface area contributed by atoms with Crippen molar-refractivity contribution in [3.8, 4) is 0 Å². The van der Waals surface area contributed by atoms with Gasteiger partial charge in [-0.15, -0.1) is 0 Å². The van der Waals surface area contributed by atoms with Crippen LogP contribution in [0.5, 0.6) is 0 Å². The number of hydrogen-bond acceptors (Lipinski definition) is 2. The highest BCUT2D eigenvalue weighted by Crippen LogP contribution is 2.17. The average molecular weight is 142 g/mol. The van der Waals surface area contributed by atoms with Gasteiger partial charge in [0.1, 0.15) is 0 Å². The Labute approximate surface area is 63.6 Å². The molecule has 1 rings (SSSR count). The minimum atomic E-state index is 0.685. The maximum atomic E-state index is 3.30. The van der Waals surface area contributed by atoms with E-state index in [0.717, 1.165) is 5.92 Å². The maximum absolute atomic E-state index is 3.30. The second-order valence-electron chi connectivity index (χ2n) is 3.39. The molecule has 2 unspecified atom stereocenters. The first-order valence-corrected chi connectivity index (χ1v) is 4.10. The predicted octanol–water partition coefficient (Wildman–Crippen LogP) is 0.546. The molecule has 1 saturated heterocycles. The highest BCUT2D eigenvalue weighted by atomic mass is 15.1. The number of hydrogen-bond donors (Lipinski definition) is 1. The minimum Gasteiger partial charge on any atom is -0.317 e. The summed E-state index contributed by atoms with van der Waals surface area (Å²) in [6.45, 7) is 4.81. The zero-order chi connectivity index (χ0) is 7.56. The number of likely N-dealkylation sites (tertiary alicyclic amines) is 1. The molecule has 0 spiro atoms. The fourth-order valence-electron chi connectivity index (χ4n) is 1.61. The fraction of sp³-hybridized carbons (Fsp3) is 1.00. The molecule has 0 aromatic carbocycles. The van der Waals surface area contributed by atoms with E-state index in [-0.39, 0.29) is 0 Å². The van der Waals surface area contributed by atoms with E-state index in [1.165, 1.54) is 19.5 Å². The van der Waals surface area contributed by atoms with Gasteiger partial charge in [0.25, 0.3) is 0 Å². The Kier molecular flexibility index (Phi) is 2.69. The van der Waals surface area contributed by atoms with Gasteiger partial charge in [0, 0.05) is 12.6 Å². The van der Waals surface area contributed by atoms with Crippen LogP contribution in [0.2, 0.25) is 0 Å². The van der Waals surface area contributed by atoms with Crippen LogP contribution in [0.1, 0.15) is 13.3 Å². The zero-order valence-electron chi connectivity index (χ0n) is 7.22. The Hall–Kier alpha value is -0.0800. The largest absolute Gasteiger partial charge is 0.317 e. The van der Waals surface area contributed by atoms with E-state index in [0.29, 0.717) is 6.04 Å². The molecule has 1 heterocycles. The summed E-state index contributed by atoms with van der Waals surface area (Å²) in [4.78, 5) is 2.40. The van der Waals surface area contributed by atoms with Gasteiger partial charge in [0.05, 0.1) is 0 Å². The van der Waals surface area contributed by atoms with Gasteiger partial charge in [-0.2, -0.15) is 0 Å². The summed E-state index contributed by atoms with van der Waals surface area (Å²) in [5.74, 6) is 0.870. The molecule has 0 saturated carbocycles. The lowest BCUT2D eigenvalue weighted by Crippen LogP contribution is -2.31. The van der Waals surface area contributed by atoms with Crippen LogP contribution in [-0.2, 0) is 0 Å². The van der Waals surface area contributed by atoms with E-state index in [1.54, 1.807) is 0 Å². The van der Waals surface area contributed by atoms with Gasteiger partial charge in [-0.1, -0.05) is 0 Å². The summed E-state index contributed by atoms with van der Waals surface area (Å²) in [6.07, 6.45) is 1.36. The van der Waals surface area contributed by atoms with Crippen molar-refractivity contribution in [2.24, 2.45) is 5.92 Å². The summed E-state index contributed by atoms with van der Waals surface area (Å²) in [6, 6.07) is 0.685. The lowest BCUT2D eigenvalue weighted by atomic mass is 10.0. The van der Waals surface area contributed by atoms with Gasteiger partial charge in [0.2, 0.25) is 0 Å². The van der Waals surface area contributed by atoms with Gasteiger partial charge in [-0.25, -0.2) is 0 Å². The number of rotatable bonds is 2. The van der Waals surface area contributed by atoms with E-state index in [4.69, 9.17) is 0 Å². The molecule has 0 amide bonds. The fourth-order valence-corrected chi connectivity index (χ4v) is 1.61. The maximum Gasteiger partial charge on any atom is 0.00766 e. The van der Waals surface area contributed by atoms with Gasteiger partial charge >= 0.3 is 0 Å². The molecule has 2 atom stereocenters. The first kappa shape index (κ1) is 8.02. The molecule has 0 bridgehead atoms. The van der Waals surface area contributed by atoms with Crippen molar-refractivity contribution in [2.75, 3.05) is 27.2 Å². The third kappa shape index (κ3) is 1.70. The summed E-state index contributed by atoms with van der Waals surface area (Å²) >= 11 is 0. The second kappa shape index (κ2) is 3.35. The normalized spacial score (nSPS) is 30.9. The van der Waals surface area contributed by atoms with Crippen molar-refractivity contribution in [2.45, 2.75) is 19.4 Å². The molecule has 0 aromatic heterocycles. The SMILES string of the molecule is CNC(C)C1CCN(C)C1. The summed E-state index contributed by atoms with van der Waals surface area (Å²) in [5.41, 5.74) is 0. The van der Waals surface area contributed by atoms with Gasteiger partial charge in [-0.3, -0.25) is 0 Å². The Bertz CT molecular complexity index is 103. The molecule has 2 heteroatoms. The topological polar surface area (TPSA) is 15.3 Å². The van der Waals surface area contributed by atoms with Crippen LogP contribution in [0.15, 0.2) is 0 Å². The van der Waals surface area contributed by atoms with Crippen LogP contribution >= 0.6 is 0 Å². The second-order valence-corrected chi connectivity index (χ2v) is 3.39. The molecule has 1 aliphatic heterocycles. The Morgan fingerprint density at radius 1 is 1.60 bits per heavy atom. The summed E-state index contributed by atoms with van der Waals surface area (Å²) in [5, 5.41) is 3.30. The smallest absolute Gasteiger partial charge is 0.00766 e. The highest BCUT2D eigenvalue weighted by Gasteiger charge is 2.23. The van der Waals surface area contributed by atoms with Crippen molar-refractivity contribution < 1.29 is 0 Å². The van der Waals surface area contributed by atoms with Crippen LogP contribution in [0.25, 0.3) is 0 Å². The van der Waals surface area contributed by atoms with Gasteiger partial charge in [0.15, 0.2) is 0 Å². The molecule has 1 fully saturated rings. The van der Waals surface area contributed by atoms with Crippen molar-refractivity contribution >= 4 is 0 Å². The van der Waals surface area contributed by atoms with E-state index in [9.17, 15) is 0 Å². The minimum absolute atomic E-state index is 0.685. The molecular weight excluding hydrogens is 124 g/mol. The van der Waals surface area contributed by atoms with Crippen molar-refractivity contribution in [1.82, 2.24) is 10.2 Å². The quantitative estimate of drug-likeness (QED) is 0.605. The van der Waals surface area contributed by atoms with Crippen molar-refractivity contribution in [3.63, 3.8) is 0 Å². The Morgan fingerprint density at radius 2 is 2.30 bits per heavy atom. The molecule has 60 valence electrons. The lowest BCUT2D eigenvalue weighted by Gasteiger charge is -2.17. The lowest BCUT2D eigenvalue weighted by molar-refractivity contribution is 0.358. The number of nitrogens with zero attached hydrogens (tertiary/aromatic N) is 1. The summed E-state index contributed by atoms with van der Waals surface area (Å²) < 4.78 is 0. The van der Waals surface area contributed by atoms with E-state index in [2.05, 4.69) is 24.2 Å². The Morgan fingerprint density at radius 3 is 2.70 bits per heavy atom. The van der Waals surface area contributed by atoms with Crippen LogP contribution in [0.4, 0.5) is 0 Å². The van der Waals surface area contributed by atoms with Gasteiger partial charge < -0.3 is 10.2 Å². The third-order valence-electron chi connectivity index (χ3n) is 2.59.